The molecular formula is C7H11NO3. The van der Waals surface area contributed by atoms with Gasteiger partial charge in [-0.1, -0.05) is 6.92 Å². The summed E-state index contributed by atoms with van der Waals surface area (Å²) in [4.78, 5) is 23.3. The molecule has 0 aromatic heterocycles. The molecule has 11 heavy (non-hydrogen) atoms. The van der Waals surface area contributed by atoms with E-state index in [1.54, 1.807) is 6.92 Å². The average molecular weight is 157 g/mol. The summed E-state index contributed by atoms with van der Waals surface area (Å²) in [6, 6.07) is 0. The molecule has 0 aromatic carbocycles. The first-order valence-electron chi connectivity index (χ1n) is 3.43. The molecule has 1 unspecified atom stereocenters. The van der Waals surface area contributed by atoms with Gasteiger partial charge in [-0.15, -0.1) is 0 Å². The fraction of sp³-hybridized carbons (Fsp3) is 0.714. The first-order valence-corrected chi connectivity index (χ1v) is 3.43. The van der Waals surface area contributed by atoms with Gasteiger partial charge in [-0.25, -0.2) is 4.79 Å². The number of aliphatic imine (C=N–C) groups is 1. The van der Waals surface area contributed by atoms with Crippen LogP contribution in [-0.2, 0) is 14.3 Å². The number of hydrogen-bond acceptors (Lipinski definition) is 4. The van der Waals surface area contributed by atoms with Crippen LogP contribution in [-0.4, -0.2) is 24.7 Å². The highest BCUT2D eigenvalue weighted by atomic mass is 16.5. The standard InChI is InChI=1S/C7H11NO3/c1-3-6(2)11-7(10)4-8-5-9/h6H,3-4H2,1-2H3. The lowest BCUT2D eigenvalue weighted by Crippen LogP contribution is -2.15. The Hall–Kier alpha value is -1.15. The summed E-state index contributed by atoms with van der Waals surface area (Å²) in [6.07, 6.45) is 1.92. The predicted molar refractivity (Wildman–Crippen MR) is 38.8 cm³/mol. The zero-order chi connectivity index (χ0) is 8.69. The van der Waals surface area contributed by atoms with Gasteiger partial charge < -0.3 is 4.74 Å². The third-order valence-corrected chi connectivity index (χ3v) is 1.18. The van der Waals surface area contributed by atoms with Gasteiger partial charge in [0.05, 0.1) is 6.10 Å². The molecule has 62 valence electrons. The van der Waals surface area contributed by atoms with Crippen molar-refractivity contribution < 1.29 is 14.3 Å². The summed E-state index contributed by atoms with van der Waals surface area (Å²) in [5, 5.41) is 0. The second-order valence-corrected chi connectivity index (χ2v) is 2.12. The number of rotatable bonds is 4. The molecule has 0 saturated carbocycles. The minimum absolute atomic E-state index is 0.107. The summed E-state index contributed by atoms with van der Waals surface area (Å²) in [7, 11) is 0. The Kier molecular flexibility index (Phi) is 5.03. The average Bonchev–Trinajstić information content (AvgIpc) is 2.00. The number of isocyanates is 1. The van der Waals surface area contributed by atoms with E-state index in [2.05, 4.69) is 4.99 Å². The Morgan fingerprint density at radius 3 is 2.82 bits per heavy atom. The highest BCUT2D eigenvalue weighted by molar-refractivity contribution is 5.72. The largest absolute Gasteiger partial charge is 0.461 e. The molecule has 0 aliphatic carbocycles. The van der Waals surface area contributed by atoms with Crippen molar-refractivity contribution in [2.24, 2.45) is 4.99 Å². The van der Waals surface area contributed by atoms with Gasteiger partial charge in [-0.05, 0) is 13.3 Å². The van der Waals surface area contributed by atoms with Crippen LogP contribution in [0.15, 0.2) is 4.99 Å². The Morgan fingerprint density at radius 1 is 1.73 bits per heavy atom. The minimum Gasteiger partial charge on any atom is -0.461 e. The molecule has 0 radical (unpaired) electrons. The predicted octanol–water partition coefficient (Wildman–Crippen LogP) is 0.664. The molecule has 0 N–H and O–H groups in total. The molecule has 0 aliphatic heterocycles. The van der Waals surface area contributed by atoms with Crippen molar-refractivity contribution in [1.82, 2.24) is 0 Å². The van der Waals surface area contributed by atoms with Crippen LogP contribution >= 0.6 is 0 Å². The Labute approximate surface area is 65.3 Å². The van der Waals surface area contributed by atoms with E-state index in [1.807, 2.05) is 6.92 Å². The second kappa shape index (κ2) is 5.62. The lowest BCUT2D eigenvalue weighted by Gasteiger charge is -2.08. The van der Waals surface area contributed by atoms with Crippen LogP contribution in [0.5, 0.6) is 0 Å². The van der Waals surface area contributed by atoms with Gasteiger partial charge >= 0.3 is 5.97 Å². The van der Waals surface area contributed by atoms with E-state index in [1.165, 1.54) is 6.08 Å². The maximum atomic E-state index is 10.7. The van der Waals surface area contributed by atoms with Gasteiger partial charge in [0.15, 0.2) is 0 Å². The minimum atomic E-state index is -0.484. The molecule has 4 heteroatoms. The molecule has 0 saturated heterocycles. The summed E-state index contributed by atoms with van der Waals surface area (Å²) in [6.45, 7) is 3.46. The maximum Gasteiger partial charge on any atom is 0.328 e. The first kappa shape index (κ1) is 9.85. The van der Waals surface area contributed by atoms with E-state index < -0.39 is 5.97 Å². The van der Waals surface area contributed by atoms with Crippen LogP contribution in [0.1, 0.15) is 20.3 Å². The molecule has 0 aliphatic rings. The highest BCUT2D eigenvalue weighted by Gasteiger charge is 2.05. The molecule has 0 amide bonds. The molecule has 0 aromatic rings. The normalized spacial score (nSPS) is 11.5. The van der Waals surface area contributed by atoms with Crippen LogP contribution in [0.4, 0.5) is 0 Å². The number of ether oxygens (including phenoxy) is 1. The Balaban J connectivity index is 3.60. The van der Waals surface area contributed by atoms with Crippen LogP contribution in [0.2, 0.25) is 0 Å². The van der Waals surface area contributed by atoms with Crippen LogP contribution in [0, 0.1) is 0 Å². The number of carbonyl (C=O) groups is 1. The lowest BCUT2D eigenvalue weighted by atomic mass is 10.3. The van der Waals surface area contributed by atoms with Crippen molar-refractivity contribution >= 4 is 12.0 Å². The van der Waals surface area contributed by atoms with E-state index in [0.29, 0.717) is 0 Å². The zero-order valence-corrected chi connectivity index (χ0v) is 6.66. The summed E-state index contributed by atoms with van der Waals surface area (Å²) < 4.78 is 4.79. The van der Waals surface area contributed by atoms with Crippen molar-refractivity contribution in [2.45, 2.75) is 26.4 Å². The molecular weight excluding hydrogens is 146 g/mol. The number of nitrogens with zero attached hydrogens (tertiary/aromatic N) is 1. The van der Waals surface area contributed by atoms with Gasteiger partial charge in [-0.2, -0.15) is 4.99 Å². The van der Waals surface area contributed by atoms with Crippen LogP contribution < -0.4 is 0 Å². The first-order chi connectivity index (χ1) is 5.20. The van der Waals surface area contributed by atoms with Gasteiger partial charge in [0.1, 0.15) is 6.54 Å². The third-order valence-electron chi connectivity index (χ3n) is 1.18. The molecule has 0 bridgehead atoms. The van der Waals surface area contributed by atoms with Crippen molar-refractivity contribution in [3.63, 3.8) is 0 Å². The van der Waals surface area contributed by atoms with Crippen molar-refractivity contribution in [3.05, 3.63) is 0 Å². The fourth-order valence-corrected chi connectivity index (χ4v) is 0.442. The van der Waals surface area contributed by atoms with E-state index in [9.17, 15) is 9.59 Å². The summed E-state index contributed by atoms with van der Waals surface area (Å²) in [5.74, 6) is -0.484. The SMILES string of the molecule is CCC(C)OC(=O)CN=C=O. The molecule has 4 nitrogen and oxygen atoms in total. The molecule has 0 heterocycles. The molecule has 0 spiro atoms. The van der Waals surface area contributed by atoms with Gasteiger partial charge in [-0.3, -0.25) is 4.79 Å². The monoisotopic (exact) mass is 157 g/mol. The number of esters is 1. The quantitative estimate of drug-likeness (QED) is 0.342. The highest BCUT2D eigenvalue weighted by Crippen LogP contribution is 1.95. The topological polar surface area (TPSA) is 55.7 Å². The summed E-state index contributed by atoms with van der Waals surface area (Å²) in [5.41, 5.74) is 0. The van der Waals surface area contributed by atoms with E-state index in [0.717, 1.165) is 6.42 Å². The van der Waals surface area contributed by atoms with Gasteiger partial charge in [0.2, 0.25) is 6.08 Å². The molecule has 0 rings (SSSR count). The van der Waals surface area contributed by atoms with E-state index in [-0.39, 0.29) is 12.6 Å². The molecule has 0 fully saturated rings. The fourth-order valence-electron chi connectivity index (χ4n) is 0.442. The number of hydrogen-bond donors (Lipinski definition) is 0. The zero-order valence-electron chi connectivity index (χ0n) is 6.66. The summed E-state index contributed by atoms with van der Waals surface area (Å²) >= 11 is 0. The van der Waals surface area contributed by atoms with Gasteiger partial charge in [0.25, 0.3) is 0 Å². The van der Waals surface area contributed by atoms with Crippen molar-refractivity contribution in [1.29, 1.82) is 0 Å². The van der Waals surface area contributed by atoms with Gasteiger partial charge in [0, 0.05) is 0 Å². The maximum absolute atomic E-state index is 10.7. The smallest absolute Gasteiger partial charge is 0.328 e. The van der Waals surface area contributed by atoms with Crippen molar-refractivity contribution in [3.8, 4) is 0 Å². The molecule has 1 atom stereocenters. The van der Waals surface area contributed by atoms with Crippen LogP contribution in [0.3, 0.4) is 0 Å². The second-order valence-electron chi connectivity index (χ2n) is 2.12. The third kappa shape index (κ3) is 5.30. The lowest BCUT2D eigenvalue weighted by molar-refractivity contribution is -0.146. The Morgan fingerprint density at radius 2 is 2.36 bits per heavy atom. The van der Waals surface area contributed by atoms with E-state index in [4.69, 9.17) is 4.74 Å². The van der Waals surface area contributed by atoms with Crippen molar-refractivity contribution in [2.75, 3.05) is 6.54 Å². The number of carbonyl (C=O) groups excluding carboxylic acids is 2. The van der Waals surface area contributed by atoms with Crippen LogP contribution in [0.25, 0.3) is 0 Å². The van der Waals surface area contributed by atoms with E-state index >= 15 is 0 Å². The Bertz CT molecular complexity index is 173.